The van der Waals surface area contributed by atoms with Crippen LogP contribution in [0.25, 0.3) is 11.0 Å². The Morgan fingerprint density at radius 2 is 2.06 bits per heavy atom. The summed E-state index contributed by atoms with van der Waals surface area (Å²) in [6.45, 7) is 3.60. The molecule has 2 aliphatic heterocycles. The van der Waals surface area contributed by atoms with Crippen molar-refractivity contribution < 1.29 is 19.1 Å². The second kappa shape index (κ2) is 10.4. The Morgan fingerprint density at radius 3 is 2.76 bits per heavy atom. The number of esters is 1. The molecule has 174 valence electrons. The lowest BCUT2D eigenvalue weighted by Gasteiger charge is -2.37. The number of carbonyl (C=O) groups excluding carboxylic acids is 2. The van der Waals surface area contributed by atoms with Crippen LogP contribution in [0.4, 0.5) is 5.82 Å². The Kier molecular flexibility index (Phi) is 7.31. The second-order valence-electron chi connectivity index (χ2n) is 8.30. The quantitative estimate of drug-likeness (QED) is 0.501. The molecule has 0 radical (unpaired) electrons. The minimum Gasteiger partial charge on any atom is -0.453 e. The minimum absolute atomic E-state index is 0.00812. The van der Waals surface area contributed by atoms with Crippen molar-refractivity contribution in [1.82, 2.24) is 14.9 Å². The Morgan fingerprint density at radius 1 is 1.27 bits per heavy atom. The molecule has 0 bridgehead atoms. The smallest absolute Gasteiger partial charge is 0.303 e. The Labute approximate surface area is 198 Å². The fraction of sp³-hybridized carbons (Fsp3) is 0.500. The molecule has 1 atom stereocenters. The number of piperidine rings is 1. The van der Waals surface area contributed by atoms with Crippen molar-refractivity contribution in [3.63, 3.8) is 0 Å². The molecule has 1 aromatic carbocycles. The van der Waals surface area contributed by atoms with Gasteiger partial charge in [-0.2, -0.15) is 0 Å². The average molecular weight is 471 g/mol. The molecule has 4 rings (SSSR count). The van der Waals surface area contributed by atoms with Crippen LogP contribution in [0.3, 0.4) is 0 Å². The molecule has 2 aliphatic rings. The summed E-state index contributed by atoms with van der Waals surface area (Å²) in [5, 5.41) is 0.472. The van der Waals surface area contributed by atoms with Crippen molar-refractivity contribution in [3.05, 3.63) is 28.9 Å². The van der Waals surface area contributed by atoms with E-state index in [4.69, 9.17) is 26.1 Å². The van der Waals surface area contributed by atoms with E-state index in [1.807, 2.05) is 11.9 Å². The van der Waals surface area contributed by atoms with Gasteiger partial charge in [-0.15, -0.1) is 0 Å². The first-order valence-corrected chi connectivity index (χ1v) is 11.5. The van der Waals surface area contributed by atoms with E-state index < -0.39 is 0 Å². The van der Waals surface area contributed by atoms with Gasteiger partial charge in [-0.05, 0) is 37.8 Å². The van der Waals surface area contributed by atoms with Gasteiger partial charge in [0.05, 0.1) is 22.3 Å². The molecule has 2 aromatic rings. The highest BCUT2D eigenvalue weighted by molar-refractivity contribution is 6.32. The molecule has 8 nitrogen and oxygen atoms in total. The van der Waals surface area contributed by atoms with E-state index in [1.165, 1.54) is 6.92 Å². The van der Waals surface area contributed by atoms with E-state index in [1.54, 1.807) is 18.3 Å². The summed E-state index contributed by atoms with van der Waals surface area (Å²) in [6.07, 6.45) is 4.97. The van der Waals surface area contributed by atoms with Crippen molar-refractivity contribution >= 4 is 40.3 Å². The monoisotopic (exact) mass is 470 g/mol. The number of amides is 1. The van der Waals surface area contributed by atoms with Crippen LogP contribution in [0.2, 0.25) is 5.02 Å². The van der Waals surface area contributed by atoms with Crippen molar-refractivity contribution in [2.45, 2.75) is 44.8 Å². The molecule has 1 amide bonds. The van der Waals surface area contributed by atoms with E-state index in [2.05, 4.69) is 21.7 Å². The van der Waals surface area contributed by atoms with Crippen LogP contribution in [0.1, 0.15) is 38.2 Å². The van der Waals surface area contributed by atoms with Crippen molar-refractivity contribution in [2.75, 3.05) is 38.3 Å². The summed E-state index contributed by atoms with van der Waals surface area (Å²) in [6, 6.07) is 3.74. The average Bonchev–Trinajstić information content (AvgIpc) is 3.36. The highest BCUT2D eigenvalue weighted by Gasteiger charge is 2.32. The van der Waals surface area contributed by atoms with Gasteiger partial charge in [0.15, 0.2) is 6.61 Å². The molecule has 0 saturated carbocycles. The Balaban J connectivity index is 1.42. The summed E-state index contributed by atoms with van der Waals surface area (Å²) in [4.78, 5) is 36.9. The molecule has 33 heavy (non-hydrogen) atoms. The Bertz CT molecular complexity index is 1100. The summed E-state index contributed by atoms with van der Waals surface area (Å²) in [7, 11) is 1.88. The molecule has 2 fully saturated rings. The highest BCUT2D eigenvalue weighted by atomic mass is 35.5. The number of ether oxygens (including phenoxy) is 2. The van der Waals surface area contributed by atoms with Crippen LogP contribution < -0.4 is 4.90 Å². The zero-order chi connectivity index (χ0) is 23.4. The third-order valence-corrected chi connectivity index (χ3v) is 6.39. The SMILES string of the molecule is CC(=O)OCC#Cc1cc2nc(N3CCC(N(C)C(=O)[C@H]4CCCO4)CC3)cnc2cc1Cl. The molecule has 2 saturated heterocycles. The number of aromatic nitrogens is 2. The molecule has 0 N–H and O–H groups in total. The maximum Gasteiger partial charge on any atom is 0.303 e. The first kappa shape index (κ1) is 23.3. The van der Waals surface area contributed by atoms with Crippen LogP contribution in [-0.2, 0) is 19.1 Å². The number of carbonyl (C=O) groups is 2. The van der Waals surface area contributed by atoms with Gasteiger partial charge in [0.2, 0.25) is 0 Å². The molecular weight excluding hydrogens is 444 g/mol. The molecule has 9 heteroatoms. The Hall–Kier alpha value is -2.89. The number of rotatable bonds is 4. The lowest BCUT2D eigenvalue weighted by molar-refractivity contribution is -0.142. The molecule has 1 aromatic heterocycles. The van der Waals surface area contributed by atoms with Gasteiger partial charge in [0.25, 0.3) is 5.91 Å². The van der Waals surface area contributed by atoms with Gasteiger partial charge in [-0.3, -0.25) is 14.6 Å². The van der Waals surface area contributed by atoms with Gasteiger partial charge in [-0.1, -0.05) is 23.4 Å². The first-order valence-electron chi connectivity index (χ1n) is 11.1. The normalized spacial score (nSPS) is 18.6. The van der Waals surface area contributed by atoms with Crippen LogP contribution in [0.15, 0.2) is 18.3 Å². The number of likely N-dealkylation sites (N-methyl/N-ethyl adjacent to an activating group) is 1. The summed E-state index contributed by atoms with van der Waals surface area (Å²) in [5.74, 6) is 6.21. The number of halogens is 1. The maximum absolute atomic E-state index is 12.6. The van der Waals surface area contributed by atoms with Gasteiger partial charge in [0, 0.05) is 45.3 Å². The fourth-order valence-electron chi connectivity index (χ4n) is 4.20. The van der Waals surface area contributed by atoms with Crippen LogP contribution in [0, 0.1) is 11.8 Å². The van der Waals surface area contributed by atoms with E-state index in [0.29, 0.717) is 28.2 Å². The molecule has 0 unspecified atom stereocenters. The van der Waals surface area contributed by atoms with Gasteiger partial charge in [-0.25, -0.2) is 4.98 Å². The van der Waals surface area contributed by atoms with E-state index in [-0.39, 0.29) is 30.6 Å². The predicted octanol–water partition coefficient (Wildman–Crippen LogP) is 2.80. The van der Waals surface area contributed by atoms with E-state index in [9.17, 15) is 9.59 Å². The summed E-state index contributed by atoms with van der Waals surface area (Å²) in [5.41, 5.74) is 1.99. The predicted molar refractivity (Wildman–Crippen MR) is 125 cm³/mol. The van der Waals surface area contributed by atoms with Crippen molar-refractivity contribution in [1.29, 1.82) is 0 Å². The number of benzene rings is 1. The molecular formula is C24H27ClN4O4. The van der Waals surface area contributed by atoms with Crippen molar-refractivity contribution in [3.8, 4) is 11.8 Å². The molecule has 3 heterocycles. The largest absolute Gasteiger partial charge is 0.453 e. The zero-order valence-corrected chi connectivity index (χ0v) is 19.6. The molecule has 0 aliphatic carbocycles. The van der Waals surface area contributed by atoms with Crippen molar-refractivity contribution in [2.24, 2.45) is 0 Å². The molecule has 0 spiro atoms. The highest BCUT2D eigenvalue weighted by Crippen LogP contribution is 2.26. The van der Waals surface area contributed by atoms with E-state index in [0.717, 1.165) is 44.6 Å². The van der Waals surface area contributed by atoms with E-state index >= 15 is 0 Å². The number of anilines is 1. The zero-order valence-electron chi connectivity index (χ0n) is 18.8. The maximum atomic E-state index is 12.6. The summed E-state index contributed by atoms with van der Waals surface area (Å²) < 4.78 is 10.4. The van der Waals surface area contributed by atoms with Crippen LogP contribution in [0.5, 0.6) is 0 Å². The number of nitrogens with zero attached hydrogens (tertiary/aromatic N) is 4. The van der Waals surface area contributed by atoms with Gasteiger partial charge < -0.3 is 19.3 Å². The van der Waals surface area contributed by atoms with Gasteiger partial charge >= 0.3 is 5.97 Å². The topological polar surface area (TPSA) is 84.9 Å². The lowest BCUT2D eigenvalue weighted by atomic mass is 10.0. The second-order valence-corrected chi connectivity index (χ2v) is 8.71. The number of hydrogen-bond donors (Lipinski definition) is 0. The number of hydrogen-bond acceptors (Lipinski definition) is 7. The third kappa shape index (κ3) is 5.55. The fourth-order valence-corrected chi connectivity index (χ4v) is 4.41. The number of fused-ring (bicyclic) bond motifs is 1. The standard InChI is InChI=1S/C24H27ClN4O4/c1-16(30)32-11-3-5-17-13-21-20(14-19(17)25)26-15-23(27-21)29-9-7-18(8-10-29)28(2)24(31)22-6-4-12-33-22/h13-15,18,22H,4,6-12H2,1-2H3/t22-/m1/s1. The first-order chi connectivity index (χ1) is 15.9. The van der Waals surface area contributed by atoms with Crippen LogP contribution in [-0.4, -0.2) is 72.2 Å². The third-order valence-electron chi connectivity index (χ3n) is 6.08. The van der Waals surface area contributed by atoms with Gasteiger partial charge in [0.1, 0.15) is 11.9 Å². The minimum atomic E-state index is -0.379. The summed E-state index contributed by atoms with van der Waals surface area (Å²) >= 11 is 6.32. The lowest BCUT2D eigenvalue weighted by Crippen LogP contribution is -2.48. The van der Waals surface area contributed by atoms with Crippen LogP contribution >= 0.6 is 11.6 Å².